The highest BCUT2D eigenvalue weighted by molar-refractivity contribution is 6.32. The van der Waals surface area contributed by atoms with E-state index in [1.54, 1.807) is 12.3 Å². The standard InChI is InChI=1S/C42H45ClN4O6/c1-27-33(5-3-8-38(27)51-16-4-13-46-14-11-32(48)12-15-46)34-6-2-7-36-35(34)9-10-39(36)53-41-19-40(52-26-29-17-28(20-44)21-45-22-29)30(18-37(41)43)23-47-24-31(25-47)42(49)50/h2-3,5-8,17-19,21-22,31-32,39,48H,4,9-16,23-26H2,1H3,(H,49,50)/t39-/m0/s1. The van der Waals surface area contributed by atoms with E-state index in [2.05, 4.69) is 58.1 Å². The minimum atomic E-state index is -0.789. The molecule has 4 aromatic rings. The van der Waals surface area contributed by atoms with Crippen LogP contribution in [0.25, 0.3) is 11.1 Å². The van der Waals surface area contributed by atoms with E-state index < -0.39 is 5.97 Å². The Morgan fingerprint density at radius 1 is 0.981 bits per heavy atom. The van der Waals surface area contributed by atoms with Crippen molar-refractivity contribution >= 4 is 17.6 Å². The minimum absolute atomic E-state index is 0.159. The van der Waals surface area contributed by atoms with Crippen LogP contribution in [0.5, 0.6) is 17.2 Å². The predicted octanol–water partition coefficient (Wildman–Crippen LogP) is 6.97. The Hall–Kier alpha value is -4.66. The number of ether oxygens (including phenoxy) is 3. The number of aromatic nitrogens is 1. The summed E-state index contributed by atoms with van der Waals surface area (Å²) < 4.78 is 19.3. The molecule has 1 atom stereocenters. The number of hydrogen-bond acceptors (Lipinski definition) is 9. The molecule has 0 spiro atoms. The number of carbonyl (C=O) groups is 1. The number of benzene rings is 3. The van der Waals surface area contributed by atoms with Gasteiger partial charge in [-0.3, -0.25) is 14.7 Å². The minimum Gasteiger partial charge on any atom is -0.493 e. The summed E-state index contributed by atoms with van der Waals surface area (Å²) in [5.41, 5.74) is 7.85. The van der Waals surface area contributed by atoms with Crippen molar-refractivity contribution in [2.75, 3.05) is 39.3 Å². The monoisotopic (exact) mass is 736 g/mol. The first kappa shape index (κ1) is 36.7. The zero-order valence-corrected chi connectivity index (χ0v) is 30.7. The van der Waals surface area contributed by atoms with Gasteiger partial charge in [-0.15, -0.1) is 0 Å². The van der Waals surface area contributed by atoms with Crippen LogP contribution in [0.3, 0.4) is 0 Å². The molecule has 53 heavy (non-hydrogen) atoms. The summed E-state index contributed by atoms with van der Waals surface area (Å²) in [6, 6.07) is 20.2. The molecule has 276 valence electrons. The van der Waals surface area contributed by atoms with Gasteiger partial charge in [0.15, 0.2) is 0 Å². The lowest BCUT2D eigenvalue weighted by Gasteiger charge is -2.37. The first-order chi connectivity index (χ1) is 25.7. The molecule has 3 aromatic carbocycles. The molecule has 0 amide bonds. The highest BCUT2D eigenvalue weighted by Gasteiger charge is 2.33. The molecule has 0 unspecified atom stereocenters. The van der Waals surface area contributed by atoms with Crippen LogP contribution in [-0.2, 0) is 24.4 Å². The highest BCUT2D eigenvalue weighted by Crippen LogP contribution is 2.44. The van der Waals surface area contributed by atoms with Crippen LogP contribution in [0, 0.1) is 24.2 Å². The van der Waals surface area contributed by atoms with E-state index in [9.17, 15) is 20.3 Å². The SMILES string of the molecule is Cc1c(OCCCN2CCC(O)CC2)cccc1-c1cccc2c1CC[C@@H]2Oc1cc(OCc2cncc(C#N)c2)c(CN2CC(C(=O)O)C2)cc1Cl. The average molecular weight is 737 g/mol. The summed E-state index contributed by atoms with van der Waals surface area (Å²) in [4.78, 5) is 20.0. The van der Waals surface area contributed by atoms with Crippen molar-refractivity contribution in [2.24, 2.45) is 5.92 Å². The number of hydrogen-bond donors (Lipinski definition) is 2. The molecule has 7 rings (SSSR count). The van der Waals surface area contributed by atoms with Gasteiger partial charge < -0.3 is 29.3 Å². The first-order valence-corrected chi connectivity index (χ1v) is 18.8. The summed E-state index contributed by atoms with van der Waals surface area (Å²) in [5, 5.41) is 28.9. The van der Waals surface area contributed by atoms with Crippen molar-refractivity contribution < 1.29 is 29.2 Å². The largest absolute Gasteiger partial charge is 0.493 e. The number of halogens is 1. The molecule has 10 nitrogen and oxygen atoms in total. The third kappa shape index (κ3) is 8.61. The molecule has 2 N–H and O–H groups in total. The summed E-state index contributed by atoms with van der Waals surface area (Å²) >= 11 is 6.89. The maximum absolute atomic E-state index is 11.4. The summed E-state index contributed by atoms with van der Waals surface area (Å²) in [7, 11) is 0. The molecular weight excluding hydrogens is 692 g/mol. The molecule has 0 radical (unpaired) electrons. The lowest BCUT2D eigenvalue weighted by Crippen LogP contribution is -2.49. The van der Waals surface area contributed by atoms with Crippen molar-refractivity contribution in [2.45, 2.75) is 64.4 Å². The molecule has 3 heterocycles. The number of aliphatic carboxylic acids is 1. The second-order valence-corrected chi connectivity index (χ2v) is 14.7. The highest BCUT2D eigenvalue weighted by atomic mass is 35.5. The van der Waals surface area contributed by atoms with E-state index in [1.807, 2.05) is 18.2 Å². The molecule has 2 aliphatic heterocycles. The predicted molar refractivity (Wildman–Crippen MR) is 201 cm³/mol. The fourth-order valence-corrected chi connectivity index (χ4v) is 7.86. The van der Waals surface area contributed by atoms with Gasteiger partial charge in [0, 0.05) is 68.9 Å². The summed E-state index contributed by atoms with van der Waals surface area (Å²) in [5.74, 6) is 0.820. The second kappa shape index (κ2) is 16.6. The Morgan fingerprint density at radius 2 is 1.77 bits per heavy atom. The van der Waals surface area contributed by atoms with Crippen LogP contribution in [0.4, 0.5) is 0 Å². The molecule has 3 aliphatic rings. The number of aliphatic hydroxyl groups excluding tert-OH is 1. The molecule has 0 saturated carbocycles. The zero-order chi connectivity index (χ0) is 36.9. The number of rotatable bonds is 14. The van der Waals surface area contributed by atoms with E-state index in [4.69, 9.17) is 25.8 Å². The number of carboxylic acid groups (broad SMARTS) is 1. The number of aliphatic hydroxyl groups is 1. The van der Waals surface area contributed by atoms with Gasteiger partial charge in [0.1, 0.15) is 36.0 Å². The smallest absolute Gasteiger partial charge is 0.309 e. The number of piperidine rings is 1. The number of likely N-dealkylation sites (tertiary alicyclic amines) is 2. The van der Waals surface area contributed by atoms with Gasteiger partial charge in [0.2, 0.25) is 0 Å². The Morgan fingerprint density at radius 3 is 2.57 bits per heavy atom. The van der Waals surface area contributed by atoms with Crippen LogP contribution in [-0.4, -0.2) is 76.4 Å². The molecule has 2 saturated heterocycles. The molecule has 1 aliphatic carbocycles. The van der Waals surface area contributed by atoms with Crippen molar-refractivity contribution in [3.8, 4) is 34.4 Å². The number of nitrogens with zero attached hydrogens (tertiary/aromatic N) is 4. The van der Waals surface area contributed by atoms with E-state index in [0.29, 0.717) is 48.3 Å². The van der Waals surface area contributed by atoms with Gasteiger partial charge in [-0.05, 0) is 85.0 Å². The van der Waals surface area contributed by atoms with Crippen LogP contribution in [0.15, 0.2) is 67.0 Å². The van der Waals surface area contributed by atoms with Gasteiger partial charge in [-0.1, -0.05) is 41.9 Å². The van der Waals surface area contributed by atoms with Crippen LogP contribution in [0.2, 0.25) is 5.02 Å². The summed E-state index contributed by atoms with van der Waals surface area (Å²) in [6.07, 6.45) is 7.08. The normalized spacial score (nSPS) is 17.9. The maximum atomic E-state index is 11.4. The number of pyridine rings is 1. The van der Waals surface area contributed by atoms with Crippen molar-refractivity contribution in [1.82, 2.24) is 14.8 Å². The van der Waals surface area contributed by atoms with Gasteiger partial charge in [0.05, 0.1) is 29.2 Å². The van der Waals surface area contributed by atoms with Gasteiger partial charge in [-0.2, -0.15) is 5.26 Å². The third-order valence-electron chi connectivity index (χ3n) is 10.6. The topological polar surface area (TPSA) is 128 Å². The fraction of sp³-hybridized carbons (Fsp3) is 0.405. The van der Waals surface area contributed by atoms with Crippen LogP contribution < -0.4 is 14.2 Å². The molecule has 2 fully saturated rings. The molecular formula is C42H45ClN4O6. The van der Waals surface area contributed by atoms with Gasteiger partial charge in [0.25, 0.3) is 0 Å². The fourth-order valence-electron chi connectivity index (χ4n) is 7.63. The summed E-state index contributed by atoms with van der Waals surface area (Å²) in [6.45, 7) is 7.21. The number of carboxylic acids is 1. The van der Waals surface area contributed by atoms with Crippen molar-refractivity contribution in [1.29, 1.82) is 5.26 Å². The lowest BCUT2D eigenvalue weighted by molar-refractivity contribution is -0.147. The van der Waals surface area contributed by atoms with Gasteiger partial charge >= 0.3 is 5.97 Å². The Balaban J connectivity index is 1.06. The van der Waals surface area contributed by atoms with Crippen LogP contribution in [0.1, 0.15) is 65.2 Å². The average Bonchev–Trinajstić information content (AvgIpc) is 3.56. The second-order valence-electron chi connectivity index (χ2n) is 14.3. The molecule has 11 heteroatoms. The third-order valence-corrected chi connectivity index (χ3v) is 10.9. The molecule has 1 aromatic heterocycles. The van der Waals surface area contributed by atoms with Crippen molar-refractivity contribution in [3.63, 3.8) is 0 Å². The number of fused-ring (bicyclic) bond motifs is 1. The lowest BCUT2D eigenvalue weighted by atomic mass is 9.93. The van der Waals surface area contributed by atoms with Crippen LogP contribution >= 0.6 is 11.6 Å². The van der Waals surface area contributed by atoms with E-state index >= 15 is 0 Å². The van der Waals surface area contributed by atoms with E-state index in [-0.39, 0.29) is 24.7 Å². The Labute approximate surface area is 315 Å². The quantitative estimate of drug-likeness (QED) is 0.131. The van der Waals surface area contributed by atoms with Gasteiger partial charge in [-0.25, -0.2) is 0 Å². The number of nitriles is 1. The molecule has 0 bridgehead atoms. The Kier molecular flexibility index (Phi) is 11.5. The van der Waals surface area contributed by atoms with E-state index in [1.165, 1.54) is 17.3 Å². The zero-order valence-electron chi connectivity index (χ0n) is 30.0. The maximum Gasteiger partial charge on any atom is 0.309 e. The van der Waals surface area contributed by atoms with Crippen molar-refractivity contribution in [3.05, 3.63) is 105 Å². The van der Waals surface area contributed by atoms with E-state index in [0.717, 1.165) is 85.3 Å². The first-order valence-electron chi connectivity index (χ1n) is 18.4. The Bertz CT molecular complexity index is 1990.